The SMILES string of the molecule is CC(C)Sc1ccccc1NC(=O)[C@@H]1CC[C@H](C(=O)O)O1. The molecule has 6 heteroatoms. The minimum absolute atomic E-state index is 0.282. The maximum absolute atomic E-state index is 12.2. The van der Waals surface area contributed by atoms with E-state index in [-0.39, 0.29) is 5.91 Å². The minimum Gasteiger partial charge on any atom is -0.479 e. The zero-order valence-electron chi connectivity index (χ0n) is 12.0. The van der Waals surface area contributed by atoms with Crippen molar-refractivity contribution in [3.05, 3.63) is 24.3 Å². The Morgan fingerprint density at radius 3 is 2.57 bits per heavy atom. The molecule has 2 N–H and O–H groups in total. The van der Waals surface area contributed by atoms with Gasteiger partial charge in [0, 0.05) is 10.1 Å². The highest BCUT2D eigenvalue weighted by atomic mass is 32.2. The van der Waals surface area contributed by atoms with E-state index in [2.05, 4.69) is 19.2 Å². The van der Waals surface area contributed by atoms with Gasteiger partial charge < -0.3 is 15.2 Å². The van der Waals surface area contributed by atoms with Crippen molar-refractivity contribution in [3.63, 3.8) is 0 Å². The molecule has 114 valence electrons. The predicted octanol–water partition coefficient (Wildman–Crippen LogP) is 2.76. The Morgan fingerprint density at radius 2 is 1.95 bits per heavy atom. The van der Waals surface area contributed by atoms with E-state index in [0.29, 0.717) is 18.1 Å². The molecule has 1 aromatic carbocycles. The van der Waals surface area contributed by atoms with Gasteiger partial charge in [0.05, 0.1) is 5.69 Å². The Kier molecular flexibility index (Phi) is 5.25. The second kappa shape index (κ2) is 6.95. The maximum Gasteiger partial charge on any atom is 0.332 e. The van der Waals surface area contributed by atoms with Crippen LogP contribution in [0, 0.1) is 0 Å². The van der Waals surface area contributed by atoms with Crippen LogP contribution >= 0.6 is 11.8 Å². The number of para-hydroxylation sites is 1. The van der Waals surface area contributed by atoms with Crippen molar-refractivity contribution < 1.29 is 19.4 Å². The highest BCUT2D eigenvalue weighted by Crippen LogP contribution is 2.31. The Bertz CT molecular complexity index is 532. The van der Waals surface area contributed by atoms with E-state index in [0.717, 1.165) is 10.6 Å². The summed E-state index contributed by atoms with van der Waals surface area (Å²) in [5.41, 5.74) is 0.739. The van der Waals surface area contributed by atoms with Crippen LogP contribution < -0.4 is 5.32 Å². The van der Waals surface area contributed by atoms with Crippen LogP contribution in [0.3, 0.4) is 0 Å². The number of carbonyl (C=O) groups excluding carboxylic acids is 1. The highest BCUT2D eigenvalue weighted by Gasteiger charge is 2.34. The van der Waals surface area contributed by atoms with E-state index in [9.17, 15) is 9.59 Å². The van der Waals surface area contributed by atoms with Gasteiger partial charge in [-0.2, -0.15) is 0 Å². The Labute approximate surface area is 128 Å². The van der Waals surface area contributed by atoms with E-state index >= 15 is 0 Å². The fourth-order valence-electron chi connectivity index (χ4n) is 2.15. The van der Waals surface area contributed by atoms with E-state index in [1.54, 1.807) is 11.8 Å². The number of rotatable bonds is 5. The van der Waals surface area contributed by atoms with Gasteiger partial charge in [-0.25, -0.2) is 4.79 Å². The molecule has 1 heterocycles. The van der Waals surface area contributed by atoms with E-state index < -0.39 is 18.2 Å². The lowest BCUT2D eigenvalue weighted by Crippen LogP contribution is -2.30. The van der Waals surface area contributed by atoms with Crippen molar-refractivity contribution in [2.24, 2.45) is 0 Å². The molecule has 0 bridgehead atoms. The number of anilines is 1. The smallest absolute Gasteiger partial charge is 0.332 e. The number of carbonyl (C=O) groups is 2. The lowest BCUT2D eigenvalue weighted by molar-refractivity contribution is -0.150. The fraction of sp³-hybridized carbons (Fsp3) is 0.467. The molecule has 1 saturated heterocycles. The van der Waals surface area contributed by atoms with Crippen molar-refractivity contribution >= 4 is 29.3 Å². The van der Waals surface area contributed by atoms with Crippen molar-refractivity contribution in [1.29, 1.82) is 0 Å². The van der Waals surface area contributed by atoms with Gasteiger partial charge in [-0.05, 0) is 25.0 Å². The maximum atomic E-state index is 12.2. The molecule has 0 radical (unpaired) electrons. The summed E-state index contributed by atoms with van der Waals surface area (Å²) >= 11 is 1.67. The molecule has 0 aromatic heterocycles. The lowest BCUT2D eigenvalue weighted by Gasteiger charge is -2.15. The summed E-state index contributed by atoms with van der Waals surface area (Å²) in [6, 6.07) is 7.57. The molecule has 0 unspecified atom stereocenters. The van der Waals surface area contributed by atoms with E-state index in [4.69, 9.17) is 9.84 Å². The third kappa shape index (κ3) is 4.22. The second-order valence-corrected chi connectivity index (χ2v) is 6.80. The summed E-state index contributed by atoms with van der Waals surface area (Å²) in [4.78, 5) is 24.0. The van der Waals surface area contributed by atoms with Crippen molar-refractivity contribution in [1.82, 2.24) is 0 Å². The molecule has 1 fully saturated rings. The summed E-state index contributed by atoms with van der Waals surface area (Å²) in [6.45, 7) is 4.17. The van der Waals surface area contributed by atoms with Crippen LogP contribution in [0.4, 0.5) is 5.69 Å². The van der Waals surface area contributed by atoms with Gasteiger partial charge in [0.2, 0.25) is 0 Å². The monoisotopic (exact) mass is 309 g/mol. The first kappa shape index (κ1) is 15.9. The first-order chi connectivity index (χ1) is 9.97. The molecule has 0 spiro atoms. The molecular weight excluding hydrogens is 290 g/mol. The topological polar surface area (TPSA) is 75.6 Å². The first-order valence-corrected chi connectivity index (χ1v) is 7.80. The molecule has 1 aliphatic rings. The highest BCUT2D eigenvalue weighted by molar-refractivity contribution is 8.00. The van der Waals surface area contributed by atoms with Crippen molar-refractivity contribution in [2.75, 3.05) is 5.32 Å². The molecule has 1 aromatic rings. The van der Waals surface area contributed by atoms with Crippen molar-refractivity contribution in [3.8, 4) is 0 Å². The molecule has 21 heavy (non-hydrogen) atoms. The molecule has 1 amide bonds. The standard InChI is InChI=1S/C15H19NO4S/c1-9(2)21-13-6-4-3-5-10(13)16-14(17)11-7-8-12(20-11)15(18)19/h3-6,9,11-12H,7-8H2,1-2H3,(H,16,17)(H,18,19)/t11-,12+/m0/s1. The van der Waals surface area contributed by atoms with E-state index in [1.165, 1.54) is 0 Å². The average Bonchev–Trinajstić information content (AvgIpc) is 2.90. The van der Waals surface area contributed by atoms with Gasteiger partial charge in [0.25, 0.3) is 5.91 Å². The predicted molar refractivity (Wildman–Crippen MR) is 81.6 cm³/mol. The van der Waals surface area contributed by atoms with Crippen LogP contribution in [-0.2, 0) is 14.3 Å². The number of aliphatic carboxylic acids is 1. The van der Waals surface area contributed by atoms with E-state index in [1.807, 2.05) is 24.3 Å². The van der Waals surface area contributed by atoms with Crippen LogP contribution in [0.2, 0.25) is 0 Å². The summed E-state index contributed by atoms with van der Waals surface area (Å²) in [6.07, 6.45) is -0.762. The van der Waals surface area contributed by atoms with Crippen molar-refractivity contribution in [2.45, 2.75) is 49.0 Å². The number of ether oxygens (including phenoxy) is 1. The van der Waals surface area contributed by atoms with Crippen LogP contribution in [0.15, 0.2) is 29.2 Å². The lowest BCUT2D eigenvalue weighted by atomic mass is 10.2. The van der Waals surface area contributed by atoms with Gasteiger partial charge in [-0.3, -0.25) is 4.79 Å². The first-order valence-electron chi connectivity index (χ1n) is 6.92. The number of thioether (sulfide) groups is 1. The number of carboxylic acids is 1. The number of carboxylic acid groups (broad SMARTS) is 1. The molecule has 0 saturated carbocycles. The Morgan fingerprint density at radius 1 is 1.29 bits per heavy atom. The minimum atomic E-state index is -1.01. The van der Waals surface area contributed by atoms with Gasteiger partial charge in [-0.15, -0.1) is 11.8 Å². The summed E-state index contributed by atoms with van der Waals surface area (Å²) in [5, 5.41) is 12.1. The molecular formula is C15H19NO4S. The molecule has 0 aliphatic carbocycles. The fourth-order valence-corrected chi connectivity index (χ4v) is 3.06. The van der Waals surface area contributed by atoms with Crippen LogP contribution in [-0.4, -0.2) is 34.4 Å². The summed E-state index contributed by atoms with van der Waals surface area (Å²) in [7, 11) is 0. The van der Waals surface area contributed by atoms with Gasteiger partial charge in [-0.1, -0.05) is 26.0 Å². The molecule has 2 atom stereocenters. The van der Waals surface area contributed by atoms with Crippen LogP contribution in [0.5, 0.6) is 0 Å². The third-order valence-electron chi connectivity index (χ3n) is 3.10. The summed E-state index contributed by atoms with van der Waals surface area (Å²) < 4.78 is 5.26. The molecule has 1 aliphatic heterocycles. The zero-order valence-corrected chi connectivity index (χ0v) is 12.9. The quantitative estimate of drug-likeness (QED) is 0.818. The Balaban J connectivity index is 2.02. The number of amides is 1. The zero-order chi connectivity index (χ0) is 15.4. The number of hydrogen-bond donors (Lipinski definition) is 2. The van der Waals surface area contributed by atoms with Crippen LogP contribution in [0.25, 0.3) is 0 Å². The van der Waals surface area contributed by atoms with Gasteiger partial charge >= 0.3 is 5.97 Å². The molecule has 5 nitrogen and oxygen atoms in total. The van der Waals surface area contributed by atoms with Crippen LogP contribution in [0.1, 0.15) is 26.7 Å². The number of nitrogens with one attached hydrogen (secondary N) is 1. The van der Waals surface area contributed by atoms with Gasteiger partial charge in [0.1, 0.15) is 6.10 Å². The summed E-state index contributed by atoms with van der Waals surface area (Å²) in [5.74, 6) is -1.29. The second-order valence-electron chi connectivity index (χ2n) is 5.18. The molecule has 2 rings (SSSR count). The number of hydrogen-bond acceptors (Lipinski definition) is 4. The third-order valence-corrected chi connectivity index (χ3v) is 4.18. The van der Waals surface area contributed by atoms with Gasteiger partial charge in [0.15, 0.2) is 6.10 Å². The average molecular weight is 309 g/mol. The number of benzene rings is 1. The Hall–Kier alpha value is -1.53. The largest absolute Gasteiger partial charge is 0.479 e. The normalized spacial score (nSPS) is 21.5.